The lowest BCUT2D eigenvalue weighted by Gasteiger charge is -2.11. The molecule has 0 bridgehead atoms. The first-order chi connectivity index (χ1) is 10.2. The highest BCUT2D eigenvalue weighted by atomic mass is 15.1. The van der Waals surface area contributed by atoms with Gasteiger partial charge >= 0.3 is 0 Å². The third kappa shape index (κ3) is 3.21. The number of rotatable bonds is 6. The summed E-state index contributed by atoms with van der Waals surface area (Å²) in [5.41, 5.74) is 3.98. The molecule has 1 atom stereocenters. The van der Waals surface area contributed by atoms with E-state index >= 15 is 0 Å². The van der Waals surface area contributed by atoms with Crippen LogP contribution in [-0.2, 0) is 13.5 Å². The number of aryl methyl sites for hydroxylation is 1. The first-order valence-corrected chi connectivity index (χ1v) is 7.21. The molecule has 0 aliphatic heterocycles. The van der Waals surface area contributed by atoms with Gasteiger partial charge in [0.25, 0.3) is 0 Å². The molecule has 0 radical (unpaired) electrons. The highest BCUT2D eigenvalue weighted by Crippen LogP contribution is 2.18. The quantitative estimate of drug-likeness (QED) is 0.729. The number of hydrogen-bond donors (Lipinski definition) is 2. The molecule has 0 unspecified atom stereocenters. The monoisotopic (exact) mass is 284 g/mol. The highest BCUT2D eigenvalue weighted by Gasteiger charge is 2.07. The van der Waals surface area contributed by atoms with Crippen LogP contribution in [-0.4, -0.2) is 31.3 Å². The fraction of sp³-hybridized carbons (Fsp3) is 0.400. The summed E-state index contributed by atoms with van der Waals surface area (Å²) in [6.45, 7) is 3.17. The molecule has 0 aliphatic carbocycles. The normalized spacial score (nSPS) is 12.7. The molecule has 0 saturated heterocycles. The van der Waals surface area contributed by atoms with E-state index < -0.39 is 0 Å². The molecule has 0 fully saturated rings. The molecular weight excluding hydrogens is 264 g/mol. The average molecular weight is 284 g/mol. The van der Waals surface area contributed by atoms with Gasteiger partial charge in [0.2, 0.25) is 0 Å². The van der Waals surface area contributed by atoms with Crippen molar-refractivity contribution in [1.82, 2.24) is 24.7 Å². The second-order valence-electron chi connectivity index (χ2n) is 5.53. The van der Waals surface area contributed by atoms with Crippen LogP contribution in [0.1, 0.15) is 19.0 Å². The Morgan fingerprint density at radius 2 is 2.29 bits per heavy atom. The Morgan fingerprint density at radius 1 is 1.38 bits per heavy atom. The number of nitrogens with one attached hydrogen (secondary N) is 2. The van der Waals surface area contributed by atoms with Gasteiger partial charge in [0.15, 0.2) is 0 Å². The predicted octanol–water partition coefficient (Wildman–Crippen LogP) is 2.37. The summed E-state index contributed by atoms with van der Waals surface area (Å²) >= 11 is 0. The number of imidazole rings is 1. The van der Waals surface area contributed by atoms with Gasteiger partial charge in [-0.1, -0.05) is 6.92 Å². The van der Waals surface area contributed by atoms with E-state index in [1.54, 1.807) is 6.20 Å². The molecule has 6 heteroatoms. The molecule has 3 rings (SSSR count). The lowest BCUT2D eigenvalue weighted by atomic mass is 10.0. The molecular formula is C15H20N6. The number of aromatic nitrogens is 5. The predicted molar refractivity (Wildman–Crippen MR) is 83.1 cm³/mol. The number of fused-ring (bicyclic) bond motifs is 1. The summed E-state index contributed by atoms with van der Waals surface area (Å²) in [6.07, 6.45) is 9.65. The number of hydrogen-bond acceptors (Lipinski definition) is 4. The summed E-state index contributed by atoms with van der Waals surface area (Å²) < 4.78 is 1.99. The van der Waals surface area contributed by atoms with Gasteiger partial charge < -0.3 is 9.88 Å². The minimum Gasteiger partial charge on any atom is -0.383 e. The van der Waals surface area contributed by atoms with Gasteiger partial charge in [0.1, 0.15) is 11.0 Å². The molecule has 0 aliphatic rings. The van der Waals surface area contributed by atoms with E-state index in [-0.39, 0.29) is 0 Å². The Labute approximate surface area is 123 Å². The number of pyridine rings is 1. The molecule has 110 valence electrons. The number of H-pyrrole nitrogens is 1. The van der Waals surface area contributed by atoms with Gasteiger partial charge in [0, 0.05) is 32.2 Å². The third-order valence-corrected chi connectivity index (χ3v) is 3.60. The van der Waals surface area contributed by atoms with Crippen molar-refractivity contribution in [3.8, 4) is 0 Å². The molecule has 6 nitrogen and oxygen atoms in total. The maximum Gasteiger partial charge on any atom is 0.134 e. The van der Waals surface area contributed by atoms with Crippen molar-refractivity contribution in [2.75, 3.05) is 11.9 Å². The van der Waals surface area contributed by atoms with Crippen molar-refractivity contribution >= 4 is 16.7 Å². The number of nitrogens with zero attached hydrogens (tertiary/aromatic N) is 4. The molecule has 0 saturated carbocycles. The maximum absolute atomic E-state index is 4.38. The van der Waals surface area contributed by atoms with Crippen molar-refractivity contribution in [3.05, 3.63) is 36.7 Å². The fourth-order valence-corrected chi connectivity index (χ4v) is 2.48. The smallest absolute Gasteiger partial charge is 0.134 e. The lowest BCUT2D eigenvalue weighted by Crippen LogP contribution is -2.09. The first-order valence-electron chi connectivity index (χ1n) is 7.21. The third-order valence-electron chi connectivity index (χ3n) is 3.60. The van der Waals surface area contributed by atoms with Gasteiger partial charge in [-0.05, 0) is 24.8 Å². The van der Waals surface area contributed by atoms with E-state index in [0.29, 0.717) is 5.92 Å². The van der Waals surface area contributed by atoms with Crippen LogP contribution in [0.25, 0.3) is 11.0 Å². The Hall–Kier alpha value is -2.37. The minimum absolute atomic E-state index is 0.587. The van der Waals surface area contributed by atoms with E-state index in [4.69, 9.17) is 0 Å². The Kier molecular flexibility index (Phi) is 3.85. The van der Waals surface area contributed by atoms with Gasteiger partial charge in [-0.3, -0.25) is 10.1 Å². The average Bonchev–Trinajstić information content (AvgIpc) is 3.08. The SMILES string of the molecule is C[C@@H](CCNc1ccnc2c[nH]nc12)Cc1cn(C)cn1. The fourth-order valence-electron chi connectivity index (χ4n) is 2.48. The Balaban J connectivity index is 1.52. The number of aromatic amines is 1. The van der Waals surface area contributed by atoms with Crippen molar-refractivity contribution < 1.29 is 0 Å². The van der Waals surface area contributed by atoms with Crippen LogP contribution in [0.3, 0.4) is 0 Å². The molecule has 0 amide bonds. The lowest BCUT2D eigenvalue weighted by molar-refractivity contribution is 0.541. The second kappa shape index (κ2) is 5.95. The van der Waals surface area contributed by atoms with E-state index in [2.05, 4.69) is 38.6 Å². The van der Waals surface area contributed by atoms with Crippen LogP contribution in [0.4, 0.5) is 5.69 Å². The van der Waals surface area contributed by atoms with Gasteiger partial charge in [-0.2, -0.15) is 5.10 Å². The standard InChI is InChI=1S/C15H20N6/c1-11(7-12-9-21(2)10-18-12)3-5-16-13-4-6-17-14-8-19-20-15(13)14/h4,6,8-11H,3,5,7H2,1-2H3,(H,16,17)(H,19,20)/t11-/m0/s1. The number of anilines is 1. The summed E-state index contributed by atoms with van der Waals surface area (Å²) in [5.74, 6) is 0.587. The van der Waals surface area contributed by atoms with Gasteiger partial charge in [0.05, 0.1) is 17.7 Å². The van der Waals surface area contributed by atoms with Crippen LogP contribution in [0.2, 0.25) is 0 Å². The van der Waals surface area contributed by atoms with Crippen molar-refractivity contribution in [2.45, 2.75) is 19.8 Å². The van der Waals surface area contributed by atoms with E-state index in [1.165, 1.54) is 0 Å². The van der Waals surface area contributed by atoms with Crippen LogP contribution in [0.15, 0.2) is 31.0 Å². The molecule has 3 aromatic heterocycles. The Morgan fingerprint density at radius 3 is 3.10 bits per heavy atom. The van der Waals surface area contributed by atoms with Crippen molar-refractivity contribution in [1.29, 1.82) is 0 Å². The Bertz CT molecular complexity index is 714. The zero-order valence-electron chi connectivity index (χ0n) is 12.4. The summed E-state index contributed by atoms with van der Waals surface area (Å²) in [7, 11) is 2.00. The van der Waals surface area contributed by atoms with E-state index in [1.807, 2.05) is 30.2 Å². The first kappa shape index (κ1) is 13.6. The molecule has 21 heavy (non-hydrogen) atoms. The zero-order chi connectivity index (χ0) is 14.7. The van der Waals surface area contributed by atoms with Crippen molar-refractivity contribution in [2.24, 2.45) is 13.0 Å². The van der Waals surface area contributed by atoms with Crippen LogP contribution in [0, 0.1) is 5.92 Å². The highest BCUT2D eigenvalue weighted by molar-refractivity contribution is 5.86. The minimum atomic E-state index is 0.587. The summed E-state index contributed by atoms with van der Waals surface area (Å²) in [6, 6.07) is 1.96. The second-order valence-corrected chi connectivity index (χ2v) is 5.53. The van der Waals surface area contributed by atoms with E-state index in [9.17, 15) is 0 Å². The van der Waals surface area contributed by atoms with Gasteiger partial charge in [-0.25, -0.2) is 4.98 Å². The van der Waals surface area contributed by atoms with E-state index in [0.717, 1.165) is 41.8 Å². The van der Waals surface area contributed by atoms with Crippen LogP contribution < -0.4 is 5.32 Å². The topological polar surface area (TPSA) is 71.4 Å². The van der Waals surface area contributed by atoms with Gasteiger partial charge in [-0.15, -0.1) is 0 Å². The largest absolute Gasteiger partial charge is 0.383 e. The summed E-state index contributed by atoms with van der Waals surface area (Å²) in [4.78, 5) is 8.64. The molecule has 0 spiro atoms. The molecule has 0 aromatic carbocycles. The molecule has 2 N–H and O–H groups in total. The summed E-state index contributed by atoms with van der Waals surface area (Å²) in [5, 5.41) is 10.5. The van der Waals surface area contributed by atoms with Crippen molar-refractivity contribution in [3.63, 3.8) is 0 Å². The maximum atomic E-state index is 4.38. The molecule has 3 heterocycles. The zero-order valence-corrected chi connectivity index (χ0v) is 12.4. The van der Waals surface area contributed by atoms with Crippen LogP contribution >= 0.6 is 0 Å². The van der Waals surface area contributed by atoms with Crippen LogP contribution in [0.5, 0.6) is 0 Å². The molecule has 3 aromatic rings.